The zero-order valence-corrected chi connectivity index (χ0v) is 14.1. The van der Waals surface area contributed by atoms with E-state index in [1.165, 1.54) is 17.8 Å². The van der Waals surface area contributed by atoms with Crippen molar-refractivity contribution in [1.29, 1.82) is 0 Å². The second-order valence-corrected chi connectivity index (χ2v) is 6.07. The first kappa shape index (κ1) is 16.1. The summed E-state index contributed by atoms with van der Waals surface area (Å²) in [5, 5.41) is 11.1. The van der Waals surface area contributed by atoms with Crippen LogP contribution in [0.2, 0.25) is 0 Å². The number of aromatic nitrogens is 2. The van der Waals surface area contributed by atoms with E-state index in [-0.39, 0.29) is 10.6 Å². The van der Waals surface area contributed by atoms with Crippen LogP contribution < -0.4 is 0 Å². The third-order valence-corrected chi connectivity index (χ3v) is 4.35. The minimum absolute atomic E-state index is 0.0559. The van der Waals surface area contributed by atoms with Gasteiger partial charge in [-0.25, -0.2) is 9.97 Å². The summed E-state index contributed by atoms with van der Waals surface area (Å²) in [7, 11) is 0. The second kappa shape index (κ2) is 6.80. The second-order valence-electron chi connectivity index (χ2n) is 5.23. The lowest BCUT2D eigenvalue weighted by molar-refractivity contribution is -0.384. The van der Waals surface area contributed by atoms with Gasteiger partial charge in [0, 0.05) is 33.8 Å². The Bertz CT molecular complexity index is 898. The molecule has 0 atom stereocenters. The van der Waals surface area contributed by atoms with Gasteiger partial charge in [0.15, 0.2) is 5.82 Å². The molecule has 2 aromatic carbocycles. The zero-order valence-electron chi connectivity index (χ0n) is 13.3. The number of benzene rings is 2. The highest BCUT2D eigenvalue weighted by atomic mass is 32.2. The summed E-state index contributed by atoms with van der Waals surface area (Å²) in [6.07, 6.45) is 1.94. The summed E-state index contributed by atoms with van der Waals surface area (Å²) in [5.41, 5.74) is 3.23. The summed E-state index contributed by atoms with van der Waals surface area (Å²) < 4.78 is 0. The van der Waals surface area contributed by atoms with E-state index in [0.717, 1.165) is 21.7 Å². The van der Waals surface area contributed by atoms with Crippen LogP contribution in [-0.2, 0) is 0 Å². The minimum atomic E-state index is -0.389. The molecule has 0 aliphatic heterocycles. The van der Waals surface area contributed by atoms with E-state index >= 15 is 0 Å². The number of non-ortho nitro benzene ring substituents is 1. The van der Waals surface area contributed by atoms with Crippen LogP contribution >= 0.6 is 11.8 Å². The molecule has 0 spiro atoms. The quantitative estimate of drug-likeness (QED) is 0.390. The normalized spacial score (nSPS) is 10.6. The first-order valence-electron chi connectivity index (χ1n) is 7.32. The van der Waals surface area contributed by atoms with Gasteiger partial charge in [0.1, 0.15) is 0 Å². The van der Waals surface area contributed by atoms with Crippen molar-refractivity contribution in [3.05, 3.63) is 70.4 Å². The van der Waals surface area contributed by atoms with Gasteiger partial charge in [-0.3, -0.25) is 10.1 Å². The van der Waals surface area contributed by atoms with Gasteiger partial charge < -0.3 is 0 Å². The van der Waals surface area contributed by atoms with Crippen molar-refractivity contribution in [1.82, 2.24) is 9.97 Å². The standard InChI is InChI=1S/C18H15N3O2S/c1-12-10-16(20-18(19-12)13-6-4-3-5-7-13)15-11-14(21(22)23)8-9-17(15)24-2/h3-11H,1-2H3. The molecule has 0 saturated heterocycles. The van der Waals surface area contributed by atoms with Crippen LogP contribution in [0.1, 0.15) is 5.69 Å². The first-order valence-corrected chi connectivity index (χ1v) is 8.55. The number of hydrogen-bond donors (Lipinski definition) is 0. The molecule has 120 valence electrons. The highest BCUT2D eigenvalue weighted by molar-refractivity contribution is 7.98. The van der Waals surface area contributed by atoms with Crippen molar-refractivity contribution < 1.29 is 4.92 Å². The molecule has 24 heavy (non-hydrogen) atoms. The van der Waals surface area contributed by atoms with Crippen LogP contribution in [-0.4, -0.2) is 21.1 Å². The van der Waals surface area contributed by atoms with Crippen molar-refractivity contribution in [3.63, 3.8) is 0 Å². The Balaban J connectivity index is 2.18. The Kier molecular flexibility index (Phi) is 4.57. The molecule has 0 saturated carbocycles. The molecule has 0 N–H and O–H groups in total. The predicted molar refractivity (Wildman–Crippen MR) is 96.1 cm³/mol. The molecule has 6 heteroatoms. The van der Waals surface area contributed by atoms with Gasteiger partial charge in [-0.05, 0) is 25.3 Å². The lowest BCUT2D eigenvalue weighted by Gasteiger charge is -2.10. The Morgan fingerprint density at radius 3 is 2.46 bits per heavy atom. The van der Waals surface area contributed by atoms with Crippen molar-refractivity contribution in [2.24, 2.45) is 0 Å². The molecule has 1 aromatic heterocycles. The fraction of sp³-hybridized carbons (Fsp3) is 0.111. The predicted octanol–water partition coefficient (Wildman–Crippen LogP) is 4.75. The van der Waals surface area contributed by atoms with Gasteiger partial charge in [-0.1, -0.05) is 30.3 Å². The van der Waals surface area contributed by atoms with Gasteiger partial charge in [0.25, 0.3) is 5.69 Å². The van der Waals surface area contributed by atoms with E-state index in [9.17, 15) is 10.1 Å². The van der Waals surface area contributed by atoms with E-state index < -0.39 is 0 Å². The maximum absolute atomic E-state index is 11.1. The van der Waals surface area contributed by atoms with Crippen LogP contribution in [0.15, 0.2) is 59.5 Å². The van der Waals surface area contributed by atoms with E-state index in [0.29, 0.717) is 11.5 Å². The Morgan fingerprint density at radius 2 is 1.79 bits per heavy atom. The van der Waals surface area contributed by atoms with Crippen molar-refractivity contribution in [2.75, 3.05) is 6.26 Å². The van der Waals surface area contributed by atoms with Crippen LogP contribution in [0.3, 0.4) is 0 Å². The van der Waals surface area contributed by atoms with E-state index in [1.807, 2.05) is 49.6 Å². The molecule has 3 rings (SSSR count). The number of nitro groups is 1. The van der Waals surface area contributed by atoms with Crippen LogP contribution in [0.5, 0.6) is 0 Å². The summed E-state index contributed by atoms with van der Waals surface area (Å²) in [4.78, 5) is 20.8. The maximum Gasteiger partial charge on any atom is 0.270 e. The van der Waals surface area contributed by atoms with E-state index in [4.69, 9.17) is 0 Å². The highest BCUT2D eigenvalue weighted by Crippen LogP contribution is 2.33. The summed E-state index contributed by atoms with van der Waals surface area (Å²) >= 11 is 1.54. The van der Waals surface area contributed by atoms with Crippen molar-refractivity contribution in [3.8, 4) is 22.6 Å². The molecule has 0 unspecified atom stereocenters. The summed E-state index contributed by atoms with van der Waals surface area (Å²) in [5.74, 6) is 0.615. The topological polar surface area (TPSA) is 68.9 Å². The van der Waals surface area contributed by atoms with Gasteiger partial charge in [-0.15, -0.1) is 11.8 Å². The Hall–Kier alpha value is -2.73. The van der Waals surface area contributed by atoms with Crippen molar-refractivity contribution in [2.45, 2.75) is 11.8 Å². The largest absolute Gasteiger partial charge is 0.270 e. The van der Waals surface area contributed by atoms with Crippen LogP contribution in [0.25, 0.3) is 22.6 Å². The van der Waals surface area contributed by atoms with Gasteiger partial charge in [0.05, 0.1) is 10.6 Å². The fourth-order valence-corrected chi connectivity index (χ4v) is 3.02. The van der Waals surface area contributed by atoms with Gasteiger partial charge in [0.2, 0.25) is 0 Å². The zero-order chi connectivity index (χ0) is 17.1. The summed E-state index contributed by atoms with van der Waals surface area (Å²) in [6, 6.07) is 16.4. The number of hydrogen-bond acceptors (Lipinski definition) is 5. The molecule has 0 amide bonds. The first-order chi connectivity index (χ1) is 11.6. The molecular formula is C18H15N3O2S. The third kappa shape index (κ3) is 3.28. The minimum Gasteiger partial charge on any atom is -0.258 e. The van der Waals surface area contributed by atoms with Gasteiger partial charge >= 0.3 is 0 Å². The van der Waals surface area contributed by atoms with E-state index in [2.05, 4.69) is 9.97 Å². The molecule has 0 fully saturated rings. The molecule has 3 aromatic rings. The van der Waals surface area contributed by atoms with Crippen LogP contribution in [0.4, 0.5) is 5.69 Å². The number of nitro benzene ring substituents is 1. The Morgan fingerprint density at radius 1 is 1.04 bits per heavy atom. The van der Waals surface area contributed by atoms with E-state index in [1.54, 1.807) is 12.1 Å². The molecule has 1 heterocycles. The molecule has 0 aliphatic rings. The molecule has 0 bridgehead atoms. The average Bonchev–Trinajstić information content (AvgIpc) is 2.61. The fourth-order valence-electron chi connectivity index (χ4n) is 2.43. The monoisotopic (exact) mass is 337 g/mol. The smallest absolute Gasteiger partial charge is 0.258 e. The molecule has 0 radical (unpaired) electrons. The number of thioether (sulfide) groups is 1. The molecular weight excluding hydrogens is 322 g/mol. The highest BCUT2D eigenvalue weighted by Gasteiger charge is 2.15. The SMILES string of the molecule is CSc1ccc([N+](=O)[O-])cc1-c1cc(C)nc(-c2ccccc2)n1. The third-order valence-electron chi connectivity index (χ3n) is 3.56. The number of nitrogens with zero attached hydrogens (tertiary/aromatic N) is 3. The maximum atomic E-state index is 11.1. The Labute approximate surface area is 143 Å². The van der Waals surface area contributed by atoms with Crippen LogP contribution in [0, 0.1) is 17.0 Å². The number of rotatable bonds is 4. The van der Waals surface area contributed by atoms with Crippen molar-refractivity contribution >= 4 is 17.4 Å². The summed E-state index contributed by atoms with van der Waals surface area (Å²) in [6.45, 7) is 1.90. The lowest BCUT2D eigenvalue weighted by atomic mass is 10.1. The molecule has 0 aliphatic carbocycles. The molecule has 5 nitrogen and oxygen atoms in total. The lowest BCUT2D eigenvalue weighted by Crippen LogP contribution is -1.97. The van der Waals surface area contributed by atoms with Gasteiger partial charge in [-0.2, -0.15) is 0 Å². The number of aryl methyl sites for hydroxylation is 1. The average molecular weight is 337 g/mol.